The fourth-order valence-corrected chi connectivity index (χ4v) is 4.21. The second-order valence-corrected chi connectivity index (χ2v) is 7.92. The highest BCUT2D eigenvalue weighted by Gasteiger charge is 2.25. The van der Waals surface area contributed by atoms with Crippen LogP contribution in [0.2, 0.25) is 5.02 Å². The number of carbonyl (C=O) groups excluding carboxylic acids is 1. The van der Waals surface area contributed by atoms with Crippen molar-refractivity contribution in [3.05, 3.63) is 59.2 Å². The maximum Gasteiger partial charge on any atom is 0.322 e. The molecule has 0 aliphatic carbocycles. The van der Waals surface area contributed by atoms with Gasteiger partial charge < -0.3 is 20.3 Å². The van der Waals surface area contributed by atoms with Crippen LogP contribution in [0.5, 0.6) is 11.5 Å². The molecule has 0 spiro atoms. The number of nitrogens with one attached hydrogen (secondary N) is 1. The number of aromatic hydroxyl groups is 1. The number of amides is 1. The Morgan fingerprint density at radius 2 is 1.88 bits per heavy atom. The van der Waals surface area contributed by atoms with Gasteiger partial charge in [-0.05, 0) is 35.8 Å². The molecule has 0 aliphatic rings. The number of ether oxygens (including phenoxy) is 1. The number of methoxy groups -OCH3 is 1. The summed E-state index contributed by atoms with van der Waals surface area (Å²) >= 11 is 7.12. The van der Waals surface area contributed by atoms with Crippen LogP contribution < -0.4 is 10.1 Å². The zero-order chi connectivity index (χ0) is 22.8. The number of hydrogen-bond donors (Lipinski definition) is 3. The Balaban J connectivity index is 1.97. The summed E-state index contributed by atoms with van der Waals surface area (Å²) in [6, 6.07) is 14.0. The van der Waals surface area contributed by atoms with E-state index >= 15 is 0 Å². The predicted molar refractivity (Wildman–Crippen MR) is 121 cm³/mol. The summed E-state index contributed by atoms with van der Waals surface area (Å²) < 4.78 is 10.4. The number of rotatable bonds is 6. The molecule has 0 bridgehead atoms. The molecular formula is C22H16ClN3O5S. The van der Waals surface area contributed by atoms with Gasteiger partial charge in [-0.15, -0.1) is 0 Å². The molecule has 0 unspecified atom stereocenters. The van der Waals surface area contributed by atoms with E-state index in [1.54, 1.807) is 48.5 Å². The van der Waals surface area contributed by atoms with Crippen LogP contribution in [0, 0.1) is 0 Å². The van der Waals surface area contributed by atoms with Gasteiger partial charge in [-0.25, -0.2) is 4.98 Å². The summed E-state index contributed by atoms with van der Waals surface area (Å²) in [5.74, 6) is -1.83. The summed E-state index contributed by atoms with van der Waals surface area (Å²) in [6.45, 7) is -0.613. The van der Waals surface area contributed by atoms with Crippen molar-refractivity contribution in [3.8, 4) is 34.0 Å². The summed E-state index contributed by atoms with van der Waals surface area (Å²) in [4.78, 5) is 27.9. The number of carboxylic acid groups (broad SMARTS) is 1. The third kappa shape index (κ3) is 4.08. The van der Waals surface area contributed by atoms with Crippen molar-refractivity contribution >= 4 is 45.1 Å². The average molecular weight is 470 g/mol. The van der Waals surface area contributed by atoms with Crippen molar-refractivity contribution in [1.29, 1.82) is 0 Å². The second-order valence-electron chi connectivity index (χ2n) is 6.71. The minimum atomic E-state index is -1.22. The summed E-state index contributed by atoms with van der Waals surface area (Å²) in [5.41, 5.74) is 1.91. The lowest BCUT2D eigenvalue weighted by atomic mass is 10.0. The van der Waals surface area contributed by atoms with E-state index in [9.17, 15) is 14.7 Å². The van der Waals surface area contributed by atoms with Gasteiger partial charge in [0.2, 0.25) is 0 Å². The summed E-state index contributed by atoms with van der Waals surface area (Å²) in [5, 5.41) is 23.0. The molecule has 162 valence electrons. The molecule has 2 heterocycles. The van der Waals surface area contributed by atoms with Crippen LogP contribution >= 0.6 is 23.1 Å². The molecule has 4 rings (SSSR count). The number of fused-ring (bicyclic) bond motifs is 1. The predicted octanol–water partition coefficient (Wildman–Crippen LogP) is 4.21. The minimum absolute atomic E-state index is 0.299. The molecule has 3 N–H and O–H groups in total. The first-order valence-corrected chi connectivity index (χ1v) is 10.5. The molecular weight excluding hydrogens is 454 g/mol. The smallest absolute Gasteiger partial charge is 0.322 e. The molecule has 0 saturated heterocycles. The maximum atomic E-state index is 12.7. The van der Waals surface area contributed by atoms with Crippen molar-refractivity contribution in [2.75, 3.05) is 13.7 Å². The first-order valence-electron chi connectivity index (χ1n) is 9.31. The largest absolute Gasteiger partial charge is 0.505 e. The quantitative estimate of drug-likeness (QED) is 0.386. The van der Waals surface area contributed by atoms with Gasteiger partial charge in [-0.2, -0.15) is 4.37 Å². The van der Waals surface area contributed by atoms with Crippen LogP contribution in [-0.4, -0.2) is 45.1 Å². The van der Waals surface area contributed by atoms with Crippen molar-refractivity contribution in [1.82, 2.24) is 14.7 Å². The minimum Gasteiger partial charge on any atom is -0.505 e. The van der Waals surface area contributed by atoms with Gasteiger partial charge in [0, 0.05) is 16.1 Å². The highest BCUT2D eigenvalue weighted by atomic mass is 35.5. The number of aromatic nitrogens is 2. The number of nitrogens with zero attached hydrogens (tertiary/aromatic N) is 2. The Kier molecular flexibility index (Phi) is 5.93. The Morgan fingerprint density at radius 1 is 1.12 bits per heavy atom. The molecule has 0 atom stereocenters. The van der Waals surface area contributed by atoms with Gasteiger partial charge in [0.1, 0.15) is 12.3 Å². The Morgan fingerprint density at radius 3 is 2.56 bits per heavy atom. The van der Waals surface area contributed by atoms with E-state index in [-0.39, 0.29) is 11.4 Å². The van der Waals surface area contributed by atoms with Gasteiger partial charge in [-0.3, -0.25) is 9.59 Å². The van der Waals surface area contributed by atoms with Crippen molar-refractivity contribution in [3.63, 3.8) is 0 Å². The van der Waals surface area contributed by atoms with E-state index in [2.05, 4.69) is 14.7 Å². The average Bonchev–Trinajstić information content (AvgIpc) is 3.24. The zero-order valence-corrected chi connectivity index (χ0v) is 18.2. The van der Waals surface area contributed by atoms with Crippen LogP contribution in [0.15, 0.2) is 48.5 Å². The molecule has 8 nitrogen and oxygen atoms in total. The van der Waals surface area contributed by atoms with Crippen LogP contribution in [0.4, 0.5) is 0 Å². The van der Waals surface area contributed by atoms with Crippen LogP contribution in [0.1, 0.15) is 10.5 Å². The zero-order valence-electron chi connectivity index (χ0n) is 16.6. The molecule has 4 aromatic rings. The number of halogens is 1. The van der Waals surface area contributed by atoms with Crippen LogP contribution in [0.25, 0.3) is 32.6 Å². The van der Waals surface area contributed by atoms with Crippen LogP contribution in [-0.2, 0) is 4.79 Å². The fraction of sp³-hybridized carbons (Fsp3) is 0.0909. The van der Waals surface area contributed by atoms with E-state index in [0.29, 0.717) is 43.4 Å². The number of carbonyl (C=O) groups is 2. The first kappa shape index (κ1) is 21.5. The lowest BCUT2D eigenvalue weighted by Crippen LogP contribution is -2.30. The molecule has 10 heteroatoms. The number of benzene rings is 2. The molecule has 32 heavy (non-hydrogen) atoms. The number of pyridine rings is 1. The highest BCUT2D eigenvalue weighted by molar-refractivity contribution is 7.14. The lowest BCUT2D eigenvalue weighted by molar-refractivity contribution is -0.135. The van der Waals surface area contributed by atoms with Crippen molar-refractivity contribution < 1.29 is 24.5 Å². The molecule has 2 aromatic heterocycles. The molecule has 2 aromatic carbocycles. The molecule has 0 fully saturated rings. The normalized spacial score (nSPS) is 10.8. The van der Waals surface area contributed by atoms with Gasteiger partial charge in [-0.1, -0.05) is 35.9 Å². The third-order valence-corrected chi connectivity index (χ3v) is 5.77. The fourth-order valence-electron chi connectivity index (χ4n) is 3.17. The Labute approximate surface area is 191 Å². The topological polar surface area (TPSA) is 122 Å². The lowest BCUT2D eigenvalue weighted by Gasteiger charge is -2.11. The van der Waals surface area contributed by atoms with E-state index < -0.39 is 18.4 Å². The van der Waals surface area contributed by atoms with E-state index in [1.165, 1.54) is 7.11 Å². The Hall–Kier alpha value is -3.69. The summed E-state index contributed by atoms with van der Waals surface area (Å²) in [7, 11) is 1.54. The molecule has 1 amide bonds. The highest BCUT2D eigenvalue weighted by Crippen LogP contribution is 2.43. The maximum absolute atomic E-state index is 12.7. The van der Waals surface area contributed by atoms with Gasteiger partial charge in [0.05, 0.1) is 28.6 Å². The van der Waals surface area contributed by atoms with Crippen molar-refractivity contribution in [2.24, 2.45) is 0 Å². The summed E-state index contributed by atoms with van der Waals surface area (Å²) in [6.07, 6.45) is 0. The van der Waals surface area contributed by atoms with E-state index in [0.717, 1.165) is 11.5 Å². The third-order valence-electron chi connectivity index (χ3n) is 4.67. The van der Waals surface area contributed by atoms with Gasteiger partial charge in [0.15, 0.2) is 11.4 Å². The van der Waals surface area contributed by atoms with E-state index in [4.69, 9.17) is 21.4 Å². The second kappa shape index (κ2) is 8.81. The van der Waals surface area contributed by atoms with Crippen molar-refractivity contribution in [2.45, 2.75) is 0 Å². The SMILES string of the molecule is COc1cccc(-c2nc(C(=O)NCC(=O)O)c(O)c3c(-c4ccc(Cl)cc4)nsc23)c1. The number of aliphatic carboxylic acids is 1. The monoisotopic (exact) mass is 469 g/mol. The van der Waals surface area contributed by atoms with Gasteiger partial charge in [0.25, 0.3) is 5.91 Å². The van der Waals surface area contributed by atoms with Crippen LogP contribution in [0.3, 0.4) is 0 Å². The Bertz CT molecular complexity index is 1340. The number of hydrogen-bond acceptors (Lipinski definition) is 7. The first-order chi connectivity index (χ1) is 15.4. The van der Waals surface area contributed by atoms with E-state index in [1.807, 2.05) is 0 Å². The molecule has 0 saturated carbocycles. The molecule has 0 radical (unpaired) electrons. The van der Waals surface area contributed by atoms with Gasteiger partial charge >= 0.3 is 5.97 Å². The number of carboxylic acids is 1. The standard InChI is InChI=1S/C22H16ClN3O5S/c1-31-14-4-2-3-12(9-14)18-21-16(17(26-32-21)11-5-7-13(23)8-6-11)20(29)19(25-18)22(30)24-10-15(27)28/h2-9,29H,10H2,1H3,(H,24,30)(H,27,28). The molecule has 0 aliphatic heterocycles.